The van der Waals surface area contributed by atoms with E-state index in [-0.39, 0.29) is 12.6 Å². The van der Waals surface area contributed by atoms with Crippen molar-refractivity contribution >= 4 is 44.5 Å². The van der Waals surface area contributed by atoms with Crippen molar-refractivity contribution in [1.82, 2.24) is 19.9 Å². The van der Waals surface area contributed by atoms with Gasteiger partial charge in [-0.25, -0.2) is 4.98 Å². The van der Waals surface area contributed by atoms with Gasteiger partial charge in [-0.05, 0) is 18.6 Å². The van der Waals surface area contributed by atoms with E-state index in [1.807, 2.05) is 24.3 Å². The van der Waals surface area contributed by atoms with E-state index in [1.165, 1.54) is 11.3 Å². The van der Waals surface area contributed by atoms with E-state index >= 15 is 0 Å². The van der Waals surface area contributed by atoms with Crippen molar-refractivity contribution in [3.63, 3.8) is 0 Å². The first-order chi connectivity index (χ1) is 10.7. The number of nitrogen functional groups attached to an aromatic ring is 1. The zero-order valence-corrected chi connectivity index (χ0v) is 12.5. The number of aromatic nitrogens is 4. The smallest absolute Gasteiger partial charge is 0.235 e. The SMILES string of the molecule is Nc1nc(NCCCO)nc(Nc2nc3ccccc3s2)n1. The molecule has 0 aliphatic rings. The lowest BCUT2D eigenvalue weighted by atomic mass is 10.3. The number of nitrogens with two attached hydrogens (primary N) is 1. The van der Waals surface area contributed by atoms with Crippen LogP contribution in [-0.4, -0.2) is 38.2 Å². The molecule has 0 fully saturated rings. The predicted octanol–water partition coefficient (Wildman–Crippen LogP) is 1.60. The van der Waals surface area contributed by atoms with Crippen LogP contribution in [-0.2, 0) is 0 Å². The van der Waals surface area contributed by atoms with Crippen LogP contribution in [0.4, 0.5) is 23.0 Å². The Kier molecular flexibility index (Phi) is 4.26. The number of fused-ring (bicyclic) bond motifs is 1. The second-order valence-corrected chi connectivity index (χ2v) is 5.49. The fourth-order valence-electron chi connectivity index (χ4n) is 1.83. The van der Waals surface area contributed by atoms with Crippen LogP contribution in [0.15, 0.2) is 24.3 Å². The Morgan fingerprint density at radius 1 is 1.09 bits per heavy atom. The molecule has 0 radical (unpaired) electrons. The molecule has 0 aliphatic carbocycles. The number of nitrogens with zero attached hydrogens (tertiary/aromatic N) is 4. The molecule has 0 spiro atoms. The van der Waals surface area contributed by atoms with Gasteiger partial charge in [-0.2, -0.15) is 15.0 Å². The number of hydrogen-bond donors (Lipinski definition) is 4. The Morgan fingerprint density at radius 2 is 1.91 bits per heavy atom. The summed E-state index contributed by atoms with van der Waals surface area (Å²) < 4.78 is 1.08. The molecular formula is C13H15N7OS. The number of nitrogens with one attached hydrogen (secondary N) is 2. The van der Waals surface area contributed by atoms with Gasteiger partial charge in [0.1, 0.15) is 0 Å². The Labute approximate surface area is 130 Å². The maximum atomic E-state index is 8.78. The number of rotatable bonds is 6. The number of anilines is 4. The first-order valence-corrected chi connectivity index (χ1v) is 7.55. The van der Waals surface area contributed by atoms with Gasteiger partial charge in [0.25, 0.3) is 0 Å². The van der Waals surface area contributed by atoms with Gasteiger partial charge in [0.2, 0.25) is 17.8 Å². The normalized spacial score (nSPS) is 10.8. The molecule has 2 aromatic heterocycles. The minimum absolute atomic E-state index is 0.102. The summed E-state index contributed by atoms with van der Waals surface area (Å²) in [6, 6.07) is 7.85. The zero-order chi connectivity index (χ0) is 15.4. The minimum atomic E-state index is 0.102. The van der Waals surface area contributed by atoms with E-state index in [1.54, 1.807) is 0 Å². The number of benzene rings is 1. The van der Waals surface area contributed by atoms with Crippen molar-refractivity contribution in [2.75, 3.05) is 29.5 Å². The fraction of sp³-hybridized carbons (Fsp3) is 0.231. The topological polar surface area (TPSA) is 122 Å². The van der Waals surface area contributed by atoms with Crippen molar-refractivity contribution in [3.8, 4) is 0 Å². The molecule has 114 valence electrons. The van der Waals surface area contributed by atoms with E-state index in [0.29, 0.717) is 30.0 Å². The third kappa shape index (κ3) is 3.38. The maximum absolute atomic E-state index is 8.78. The van der Waals surface area contributed by atoms with E-state index in [9.17, 15) is 0 Å². The van der Waals surface area contributed by atoms with Crippen LogP contribution in [0, 0.1) is 0 Å². The molecule has 9 heteroatoms. The van der Waals surface area contributed by atoms with Gasteiger partial charge in [0.05, 0.1) is 10.2 Å². The summed E-state index contributed by atoms with van der Waals surface area (Å²) in [5.41, 5.74) is 6.60. The molecule has 0 unspecified atom stereocenters. The molecule has 0 amide bonds. The average Bonchev–Trinajstić information content (AvgIpc) is 2.89. The molecule has 0 aliphatic heterocycles. The Bertz CT molecular complexity index is 743. The molecule has 2 heterocycles. The zero-order valence-electron chi connectivity index (χ0n) is 11.7. The second-order valence-electron chi connectivity index (χ2n) is 4.46. The highest BCUT2D eigenvalue weighted by molar-refractivity contribution is 7.22. The van der Waals surface area contributed by atoms with Crippen LogP contribution < -0.4 is 16.4 Å². The number of thiazole rings is 1. The van der Waals surface area contributed by atoms with Crippen LogP contribution >= 0.6 is 11.3 Å². The maximum Gasteiger partial charge on any atom is 0.235 e. The first-order valence-electron chi connectivity index (χ1n) is 6.73. The van der Waals surface area contributed by atoms with Crippen molar-refractivity contribution in [3.05, 3.63) is 24.3 Å². The number of hydrogen-bond acceptors (Lipinski definition) is 9. The average molecular weight is 317 g/mol. The van der Waals surface area contributed by atoms with Crippen LogP contribution in [0.3, 0.4) is 0 Å². The number of aliphatic hydroxyl groups is 1. The monoisotopic (exact) mass is 317 g/mol. The van der Waals surface area contributed by atoms with E-state index < -0.39 is 0 Å². The summed E-state index contributed by atoms with van der Waals surface area (Å²) in [5.74, 6) is 0.813. The third-order valence-corrected chi connectivity index (χ3v) is 3.74. The summed E-state index contributed by atoms with van der Waals surface area (Å²) in [4.78, 5) is 16.7. The molecule has 8 nitrogen and oxygen atoms in total. The van der Waals surface area contributed by atoms with Crippen LogP contribution in [0.1, 0.15) is 6.42 Å². The van der Waals surface area contributed by atoms with E-state index in [4.69, 9.17) is 10.8 Å². The van der Waals surface area contributed by atoms with Gasteiger partial charge in [-0.1, -0.05) is 23.5 Å². The van der Waals surface area contributed by atoms with Gasteiger partial charge < -0.3 is 16.2 Å². The molecule has 1 aromatic carbocycles. The molecule has 0 saturated heterocycles. The highest BCUT2D eigenvalue weighted by atomic mass is 32.1. The summed E-state index contributed by atoms with van der Waals surface area (Å²) in [6.45, 7) is 0.658. The number of aliphatic hydroxyl groups excluding tert-OH is 1. The molecule has 0 bridgehead atoms. The predicted molar refractivity (Wildman–Crippen MR) is 87.3 cm³/mol. The highest BCUT2D eigenvalue weighted by Gasteiger charge is 2.08. The first kappa shape index (κ1) is 14.4. The van der Waals surface area contributed by atoms with Gasteiger partial charge in [-0.15, -0.1) is 0 Å². The van der Waals surface area contributed by atoms with Gasteiger partial charge in [-0.3, -0.25) is 5.32 Å². The lowest BCUT2D eigenvalue weighted by Crippen LogP contribution is -2.11. The molecule has 3 rings (SSSR count). The van der Waals surface area contributed by atoms with Crippen molar-refractivity contribution in [2.24, 2.45) is 0 Å². The minimum Gasteiger partial charge on any atom is -0.396 e. The summed E-state index contributed by atoms with van der Waals surface area (Å²) >= 11 is 1.51. The second kappa shape index (κ2) is 6.50. The quantitative estimate of drug-likeness (QED) is 0.506. The Morgan fingerprint density at radius 3 is 2.73 bits per heavy atom. The van der Waals surface area contributed by atoms with Gasteiger partial charge in [0.15, 0.2) is 5.13 Å². The molecule has 5 N–H and O–H groups in total. The third-order valence-electron chi connectivity index (χ3n) is 2.78. The number of para-hydroxylation sites is 1. The fourth-order valence-corrected chi connectivity index (χ4v) is 2.69. The Balaban J connectivity index is 1.78. The lowest BCUT2D eigenvalue weighted by molar-refractivity contribution is 0.292. The van der Waals surface area contributed by atoms with Gasteiger partial charge >= 0.3 is 0 Å². The van der Waals surface area contributed by atoms with Crippen molar-refractivity contribution in [2.45, 2.75) is 6.42 Å². The molecule has 3 aromatic rings. The molecule has 0 saturated carbocycles. The summed E-state index contributed by atoms with van der Waals surface area (Å²) in [5, 5.41) is 15.5. The van der Waals surface area contributed by atoms with Crippen LogP contribution in [0.5, 0.6) is 0 Å². The lowest BCUT2D eigenvalue weighted by Gasteiger charge is -2.06. The Hall–Kier alpha value is -2.52. The van der Waals surface area contributed by atoms with Crippen molar-refractivity contribution in [1.29, 1.82) is 0 Å². The molecule has 22 heavy (non-hydrogen) atoms. The standard InChI is InChI=1S/C13H15N7OS/c14-10-17-11(15-6-3-7-21)19-12(18-10)20-13-16-8-4-1-2-5-9(8)22-13/h1-2,4-5,21H,3,6-7H2,(H4,14,15,16,17,18,19,20). The van der Waals surface area contributed by atoms with Crippen LogP contribution in [0.2, 0.25) is 0 Å². The van der Waals surface area contributed by atoms with Crippen molar-refractivity contribution < 1.29 is 5.11 Å². The van der Waals surface area contributed by atoms with Crippen LogP contribution in [0.25, 0.3) is 10.2 Å². The largest absolute Gasteiger partial charge is 0.396 e. The molecular weight excluding hydrogens is 302 g/mol. The van der Waals surface area contributed by atoms with Gasteiger partial charge in [0, 0.05) is 13.2 Å². The molecule has 0 atom stereocenters. The highest BCUT2D eigenvalue weighted by Crippen LogP contribution is 2.27. The van der Waals surface area contributed by atoms with E-state index in [0.717, 1.165) is 10.2 Å². The summed E-state index contributed by atoms with van der Waals surface area (Å²) in [6.07, 6.45) is 0.603. The van der Waals surface area contributed by atoms with E-state index in [2.05, 4.69) is 30.6 Å². The summed E-state index contributed by atoms with van der Waals surface area (Å²) in [7, 11) is 0.